The fraction of sp³-hybridized carbons (Fsp3) is 0.196. The van der Waals surface area contributed by atoms with Gasteiger partial charge in [-0.1, -0.05) is 146 Å². The van der Waals surface area contributed by atoms with Crippen LogP contribution in [0.15, 0.2) is 243 Å². The number of likely N-dealkylation sites (N-methyl/N-ethyl adjacent to an activating group) is 2. The molecule has 18 heteroatoms. The second-order valence-corrected chi connectivity index (χ2v) is 29.2. The Morgan fingerprint density at radius 3 is 0.827 bits per heavy atom. The molecule has 4 saturated heterocycles. The highest BCUT2D eigenvalue weighted by atomic mass is 16.6. The molecule has 6 aliphatic rings. The van der Waals surface area contributed by atoms with Crippen LogP contribution < -0.4 is 28.7 Å². The summed E-state index contributed by atoms with van der Waals surface area (Å²) in [4.78, 5) is 104. The topological polar surface area (TPSA) is 202 Å². The fourth-order valence-electron chi connectivity index (χ4n) is 15.9. The van der Waals surface area contributed by atoms with Crippen molar-refractivity contribution in [2.75, 3.05) is 50.3 Å². The molecule has 13 aromatic rings. The van der Waals surface area contributed by atoms with E-state index < -0.39 is 47.5 Å². The molecule has 6 aliphatic heterocycles. The van der Waals surface area contributed by atoms with Crippen LogP contribution >= 0.6 is 0 Å². The van der Waals surface area contributed by atoms with Crippen LogP contribution in [0, 0.1) is 0 Å². The normalized spacial score (nSPS) is 17.9. The number of para-hydroxylation sites is 2. The van der Waals surface area contributed by atoms with Gasteiger partial charge in [0.1, 0.15) is 58.1 Å². The number of epoxide rings is 4. The van der Waals surface area contributed by atoms with E-state index in [2.05, 4.69) is 0 Å². The lowest BCUT2D eigenvalue weighted by atomic mass is 9.80. The quantitative estimate of drug-likeness (QED) is 0.0214. The largest absolute Gasteiger partial charge is 0.457 e. The van der Waals surface area contributed by atoms with E-state index in [0.717, 1.165) is 32.1 Å². The number of amides is 6. The van der Waals surface area contributed by atoms with Crippen molar-refractivity contribution in [3.63, 3.8) is 0 Å². The lowest BCUT2D eigenvalue weighted by Crippen LogP contribution is -2.55. The number of fused-ring (bicyclic) bond motifs is 2. The van der Waals surface area contributed by atoms with Crippen LogP contribution in [0.25, 0.3) is 43.1 Å². The molecule has 6 unspecified atom stereocenters. The first-order valence-electron chi connectivity index (χ1n) is 37.2. The summed E-state index contributed by atoms with van der Waals surface area (Å²) < 4.78 is 52.9. The molecule has 6 heterocycles. The first-order chi connectivity index (χ1) is 53.8. The van der Waals surface area contributed by atoms with Gasteiger partial charge < -0.3 is 47.7 Å². The number of rotatable bonds is 26. The van der Waals surface area contributed by atoms with Gasteiger partial charge in [0, 0.05) is 107 Å². The maximum absolute atomic E-state index is 16.8. The number of imide groups is 2. The minimum absolute atomic E-state index is 0.00214. The predicted octanol–water partition coefficient (Wildman–Crippen LogP) is 16.4. The van der Waals surface area contributed by atoms with Crippen molar-refractivity contribution >= 4 is 89.9 Å². The summed E-state index contributed by atoms with van der Waals surface area (Å²) in [7, 11) is 3.26. The lowest BCUT2D eigenvalue weighted by Gasteiger charge is -2.37. The van der Waals surface area contributed by atoms with Gasteiger partial charge in [0.05, 0.1) is 73.1 Å². The van der Waals surface area contributed by atoms with E-state index in [9.17, 15) is 0 Å². The van der Waals surface area contributed by atoms with Gasteiger partial charge in [0.25, 0.3) is 23.6 Å². The highest BCUT2D eigenvalue weighted by molar-refractivity contribution is 6.45. The first kappa shape index (κ1) is 68.0. The molecule has 6 atom stereocenters. The number of hydrogen-bond donors (Lipinski definition) is 0. The Morgan fingerprint density at radius 1 is 0.327 bits per heavy atom. The number of carbonyl (C=O) groups excluding carboxylic acids is 6. The first-order valence-corrected chi connectivity index (χ1v) is 37.2. The molecule has 0 bridgehead atoms. The van der Waals surface area contributed by atoms with Crippen molar-refractivity contribution in [3.8, 4) is 46.0 Å². The summed E-state index contributed by atoms with van der Waals surface area (Å²) in [5.74, 6) is -2.32. The average Bonchev–Trinajstić information content (AvgIpc) is 0.998. The molecular weight excluding hydrogens is 1390 g/mol. The smallest absolute Gasteiger partial charge is 0.262 e. The Balaban J connectivity index is 0.937. The van der Waals surface area contributed by atoms with Gasteiger partial charge in [-0.05, 0) is 130 Å². The van der Waals surface area contributed by atoms with Crippen molar-refractivity contribution in [1.29, 1.82) is 0 Å². The molecule has 0 aliphatic carbocycles. The summed E-state index contributed by atoms with van der Waals surface area (Å²) in [6, 6.07) is 70.9. The summed E-state index contributed by atoms with van der Waals surface area (Å²) >= 11 is 0. The van der Waals surface area contributed by atoms with Crippen molar-refractivity contribution in [2.45, 2.75) is 75.0 Å². The Kier molecular flexibility index (Phi) is 17.2. The Labute approximate surface area is 632 Å². The molecule has 0 spiro atoms. The molecule has 544 valence electrons. The maximum Gasteiger partial charge on any atom is 0.262 e. The van der Waals surface area contributed by atoms with E-state index in [0.29, 0.717) is 130 Å². The third kappa shape index (κ3) is 13.0. The number of hydrogen-bond acceptors (Lipinski definition) is 14. The van der Waals surface area contributed by atoms with Gasteiger partial charge in [-0.25, -0.2) is 0 Å². The SMILES string of the molecule is CN(C(=O)C(Cc1ccccc1)N1C(=O)c2cc(Oc3cccc(CC4CO4)c3)c3c4c(Oc5cccc(CC6CO6)c5)cc5c6c(cc(Oc7cccc(CC8CO8)c7)c(c7c(Oc8cccc(CC9CO9)c8)cc(c2c37)C1=O)c64)C(=O)N(C(Cc1ccccc1)C(=O)N(C)c1ccccc1)C5=O)c1ccccc1. The molecular formula is C92H72N4O14. The van der Waals surface area contributed by atoms with Gasteiger partial charge in [0.2, 0.25) is 11.8 Å². The average molecular weight is 1460 g/mol. The van der Waals surface area contributed by atoms with Crippen molar-refractivity contribution in [3.05, 3.63) is 298 Å². The van der Waals surface area contributed by atoms with Crippen molar-refractivity contribution in [2.24, 2.45) is 0 Å². The standard InChI is InChI=1S/C92H72N4O14/c1-93(59-27-11-5-12-28-59)91(101)73(43-53-19-7-3-8-20-53)95-87(97)69-45-75(107-61-31-15-23-55(35-61)39-65-49-103-65)81-83-77(109-63-33-17-25-57(37-63)41-67-51-105-67)47-71-80-72(90(100)96(89(71)99)74(44-54-21-9-4-10-22-54)92(102)94(2)60-29-13-6-14-30-60)48-78(110-64-34-18-26-58(38-64)42-68-52-106-68)84(86(80)83)82-76(46-70(88(95)98)79(69)85(81)82)108-62-32-16-24-56(36-62)40-66-50-104-66/h3-38,45-48,65-68,73-74H,39-44,49-52H2,1-2H3. The second kappa shape index (κ2) is 27.9. The van der Waals surface area contributed by atoms with E-state index in [-0.39, 0.29) is 93.3 Å². The van der Waals surface area contributed by atoms with Gasteiger partial charge in [-0.2, -0.15) is 0 Å². The van der Waals surface area contributed by atoms with Crippen LogP contribution in [0.2, 0.25) is 0 Å². The van der Waals surface area contributed by atoms with Gasteiger partial charge in [0.15, 0.2) is 0 Å². The van der Waals surface area contributed by atoms with E-state index in [1.807, 2.05) is 194 Å². The molecule has 4 fully saturated rings. The summed E-state index contributed by atoms with van der Waals surface area (Å²) in [6.07, 6.45) is 2.23. The van der Waals surface area contributed by atoms with E-state index in [1.54, 1.807) is 62.6 Å². The number of ether oxygens (including phenoxy) is 8. The van der Waals surface area contributed by atoms with Crippen LogP contribution in [-0.4, -0.2) is 122 Å². The van der Waals surface area contributed by atoms with Crippen LogP contribution in [0.3, 0.4) is 0 Å². The maximum atomic E-state index is 16.8. The predicted molar refractivity (Wildman–Crippen MR) is 416 cm³/mol. The molecule has 0 saturated carbocycles. The van der Waals surface area contributed by atoms with Crippen molar-refractivity contribution in [1.82, 2.24) is 9.80 Å². The zero-order valence-corrected chi connectivity index (χ0v) is 60.1. The minimum atomic E-state index is -1.42. The van der Waals surface area contributed by atoms with Crippen LogP contribution in [-0.2, 0) is 67.1 Å². The third-order valence-electron chi connectivity index (χ3n) is 21.6. The Morgan fingerprint density at radius 2 is 0.573 bits per heavy atom. The number of anilines is 2. The Bertz CT molecular complexity index is 5280. The van der Waals surface area contributed by atoms with Gasteiger partial charge >= 0.3 is 0 Å². The molecule has 110 heavy (non-hydrogen) atoms. The zero-order valence-electron chi connectivity index (χ0n) is 60.1. The third-order valence-corrected chi connectivity index (χ3v) is 21.6. The number of carbonyl (C=O) groups is 6. The molecule has 0 N–H and O–H groups in total. The molecule has 18 nitrogen and oxygen atoms in total. The van der Waals surface area contributed by atoms with E-state index in [4.69, 9.17) is 37.9 Å². The second-order valence-electron chi connectivity index (χ2n) is 29.2. The minimum Gasteiger partial charge on any atom is -0.457 e. The molecule has 6 amide bonds. The van der Waals surface area contributed by atoms with E-state index in [1.165, 1.54) is 9.80 Å². The monoisotopic (exact) mass is 1460 g/mol. The van der Waals surface area contributed by atoms with Crippen LogP contribution in [0.1, 0.15) is 74.8 Å². The highest BCUT2D eigenvalue weighted by Crippen LogP contribution is 2.58. The Hall–Kier alpha value is -12.6. The summed E-state index contributed by atoms with van der Waals surface area (Å²) in [5.41, 5.74) is 6.17. The number of nitrogens with zero attached hydrogens (tertiary/aromatic N) is 4. The lowest BCUT2D eigenvalue weighted by molar-refractivity contribution is -0.122. The highest BCUT2D eigenvalue weighted by Gasteiger charge is 2.48. The number of benzene rings is 13. The van der Waals surface area contributed by atoms with Crippen LogP contribution in [0.5, 0.6) is 46.0 Å². The van der Waals surface area contributed by atoms with E-state index >= 15 is 28.8 Å². The van der Waals surface area contributed by atoms with Gasteiger partial charge in [-0.3, -0.25) is 38.6 Å². The van der Waals surface area contributed by atoms with Gasteiger partial charge in [-0.15, -0.1) is 0 Å². The molecule has 19 rings (SSSR count). The molecule has 0 aromatic heterocycles. The van der Waals surface area contributed by atoms with Crippen LogP contribution in [0.4, 0.5) is 11.4 Å². The fourth-order valence-corrected chi connectivity index (χ4v) is 15.9. The van der Waals surface area contributed by atoms with Crippen molar-refractivity contribution < 1.29 is 66.7 Å². The molecule has 13 aromatic carbocycles. The molecule has 0 radical (unpaired) electrons. The summed E-state index contributed by atoms with van der Waals surface area (Å²) in [6.45, 7) is 2.40. The summed E-state index contributed by atoms with van der Waals surface area (Å²) in [5, 5.41) is 2.16. The zero-order chi connectivity index (χ0) is 74.4.